The van der Waals surface area contributed by atoms with Crippen LogP contribution in [0.4, 0.5) is 4.39 Å². The first-order valence-electron chi connectivity index (χ1n) is 4.39. The van der Waals surface area contributed by atoms with Gasteiger partial charge < -0.3 is 5.11 Å². The van der Waals surface area contributed by atoms with Gasteiger partial charge in [-0.25, -0.2) is 4.39 Å². The fourth-order valence-electron chi connectivity index (χ4n) is 1.40. The van der Waals surface area contributed by atoms with Crippen molar-refractivity contribution in [3.63, 3.8) is 0 Å². The Morgan fingerprint density at radius 2 is 2.27 bits per heavy atom. The van der Waals surface area contributed by atoms with Gasteiger partial charge >= 0.3 is 0 Å². The molecule has 3 nitrogen and oxygen atoms in total. The van der Waals surface area contributed by atoms with Gasteiger partial charge in [0, 0.05) is 5.38 Å². The largest absolute Gasteiger partial charge is 0.382 e. The molecule has 1 unspecified atom stereocenters. The molecule has 1 aromatic heterocycles. The monoisotopic (exact) mass is 224 g/mol. The van der Waals surface area contributed by atoms with E-state index >= 15 is 0 Å². The van der Waals surface area contributed by atoms with Crippen molar-refractivity contribution < 1.29 is 9.50 Å². The van der Waals surface area contributed by atoms with E-state index in [2.05, 4.69) is 9.59 Å². The molecule has 0 amide bonds. The second-order valence-electron chi connectivity index (χ2n) is 3.23. The molecular weight excluding hydrogens is 215 g/mol. The quantitative estimate of drug-likeness (QED) is 0.849. The predicted octanol–water partition coefficient (Wildman–Crippen LogP) is 2.07. The van der Waals surface area contributed by atoms with Crippen LogP contribution in [0.2, 0.25) is 0 Å². The van der Waals surface area contributed by atoms with Crippen molar-refractivity contribution in [2.75, 3.05) is 0 Å². The van der Waals surface area contributed by atoms with Crippen LogP contribution in [0.1, 0.15) is 22.9 Å². The summed E-state index contributed by atoms with van der Waals surface area (Å²) >= 11 is 1.18. The highest BCUT2D eigenvalue weighted by molar-refractivity contribution is 7.03. The Kier molecular flexibility index (Phi) is 2.75. The number of aryl methyl sites for hydroxylation is 1. The first-order chi connectivity index (χ1) is 7.18. The average molecular weight is 224 g/mol. The van der Waals surface area contributed by atoms with Crippen LogP contribution in [0.5, 0.6) is 0 Å². The van der Waals surface area contributed by atoms with Crippen LogP contribution in [-0.2, 0) is 0 Å². The van der Waals surface area contributed by atoms with Crippen molar-refractivity contribution in [2.24, 2.45) is 0 Å². The van der Waals surface area contributed by atoms with E-state index in [0.717, 1.165) is 0 Å². The third-order valence-corrected chi connectivity index (χ3v) is 2.71. The van der Waals surface area contributed by atoms with Gasteiger partial charge in [0.2, 0.25) is 0 Å². The molecule has 5 heteroatoms. The minimum absolute atomic E-state index is 0.306. The Morgan fingerprint density at radius 1 is 1.47 bits per heavy atom. The SMILES string of the molecule is Cc1cc(F)ccc1C(O)c1csnn1. The van der Waals surface area contributed by atoms with Crippen LogP contribution < -0.4 is 0 Å². The summed E-state index contributed by atoms with van der Waals surface area (Å²) in [5.74, 6) is -0.306. The van der Waals surface area contributed by atoms with Gasteiger partial charge in [-0.1, -0.05) is 10.6 Å². The second kappa shape index (κ2) is 4.04. The van der Waals surface area contributed by atoms with Crippen LogP contribution in [0.15, 0.2) is 23.6 Å². The topological polar surface area (TPSA) is 46.0 Å². The van der Waals surface area contributed by atoms with E-state index in [9.17, 15) is 9.50 Å². The lowest BCUT2D eigenvalue weighted by atomic mass is 10.0. The van der Waals surface area contributed by atoms with Gasteiger partial charge in [0.25, 0.3) is 0 Å². The Morgan fingerprint density at radius 3 is 2.87 bits per heavy atom. The zero-order chi connectivity index (χ0) is 10.8. The summed E-state index contributed by atoms with van der Waals surface area (Å²) in [4.78, 5) is 0. The zero-order valence-corrected chi connectivity index (χ0v) is 8.83. The van der Waals surface area contributed by atoms with E-state index in [4.69, 9.17) is 0 Å². The molecule has 0 bridgehead atoms. The molecule has 0 saturated heterocycles. The van der Waals surface area contributed by atoms with Crippen molar-refractivity contribution in [3.05, 3.63) is 46.2 Å². The molecule has 0 aliphatic carbocycles. The average Bonchev–Trinajstić information content (AvgIpc) is 2.69. The van der Waals surface area contributed by atoms with E-state index in [0.29, 0.717) is 16.8 Å². The Labute approximate surface area is 90.4 Å². The number of aliphatic hydroxyl groups excluding tert-OH is 1. The first-order valence-corrected chi connectivity index (χ1v) is 5.23. The molecule has 0 aliphatic rings. The molecule has 0 fully saturated rings. The minimum Gasteiger partial charge on any atom is -0.382 e. The van der Waals surface area contributed by atoms with E-state index in [1.807, 2.05) is 0 Å². The summed E-state index contributed by atoms with van der Waals surface area (Å²) in [5, 5.41) is 15.4. The van der Waals surface area contributed by atoms with Crippen molar-refractivity contribution >= 4 is 11.5 Å². The van der Waals surface area contributed by atoms with Gasteiger partial charge in [-0.05, 0) is 41.7 Å². The maximum Gasteiger partial charge on any atom is 0.124 e. The Balaban J connectivity index is 2.38. The van der Waals surface area contributed by atoms with Crippen LogP contribution in [0.25, 0.3) is 0 Å². The fourth-order valence-corrected chi connectivity index (χ4v) is 1.87. The molecule has 2 aromatic rings. The van der Waals surface area contributed by atoms with Crippen molar-refractivity contribution in [1.29, 1.82) is 0 Å². The third-order valence-electron chi connectivity index (χ3n) is 2.18. The highest BCUT2D eigenvalue weighted by Gasteiger charge is 2.15. The molecule has 78 valence electrons. The number of hydrogen-bond acceptors (Lipinski definition) is 4. The second-order valence-corrected chi connectivity index (χ2v) is 3.84. The van der Waals surface area contributed by atoms with E-state index in [1.165, 1.54) is 23.7 Å². The molecule has 15 heavy (non-hydrogen) atoms. The summed E-state index contributed by atoms with van der Waals surface area (Å²) in [6.07, 6.45) is -0.829. The molecular formula is C10H9FN2OS. The molecule has 0 aliphatic heterocycles. The van der Waals surface area contributed by atoms with Crippen molar-refractivity contribution in [1.82, 2.24) is 9.59 Å². The van der Waals surface area contributed by atoms with Crippen LogP contribution in [-0.4, -0.2) is 14.7 Å². The number of hydrogen-bond donors (Lipinski definition) is 1. The molecule has 1 heterocycles. The highest BCUT2D eigenvalue weighted by Crippen LogP contribution is 2.24. The van der Waals surface area contributed by atoms with Crippen LogP contribution in [0, 0.1) is 12.7 Å². The maximum atomic E-state index is 12.8. The lowest BCUT2D eigenvalue weighted by molar-refractivity contribution is 0.214. The molecule has 0 saturated carbocycles. The molecule has 1 aromatic carbocycles. The van der Waals surface area contributed by atoms with Gasteiger partial charge in [0.1, 0.15) is 17.6 Å². The molecule has 0 radical (unpaired) electrons. The fraction of sp³-hybridized carbons (Fsp3) is 0.200. The predicted molar refractivity (Wildman–Crippen MR) is 55.1 cm³/mol. The number of rotatable bonds is 2. The summed E-state index contributed by atoms with van der Waals surface area (Å²) in [6.45, 7) is 1.75. The molecule has 1 N–H and O–H groups in total. The van der Waals surface area contributed by atoms with Gasteiger partial charge in [-0.3, -0.25) is 0 Å². The number of aromatic nitrogens is 2. The van der Waals surface area contributed by atoms with Crippen molar-refractivity contribution in [2.45, 2.75) is 13.0 Å². The lowest BCUT2D eigenvalue weighted by Crippen LogP contribution is -2.02. The molecule has 1 atom stereocenters. The van der Waals surface area contributed by atoms with Gasteiger partial charge in [-0.15, -0.1) is 5.10 Å². The Hall–Kier alpha value is -1.33. The molecule has 0 spiro atoms. The summed E-state index contributed by atoms with van der Waals surface area (Å²) in [7, 11) is 0. The Bertz CT molecular complexity index is 458. The molecule has 2 rings (SSSR count). The third kappa shape index (κ3) is 2.03. The van der Waals surface area contributed by atoms with E-state index < -0.39 is 6.10 Å². The van der Waals surface area contributed by atoms with Crippen LogP contribution >= 0.6 is 11.5 Å². The summed E-state index contributed by atoms with van der Waals surface area (Å²) < 4.78 is 16.5. The van der Waals surface area contributed by atoms with Gasteiger partial charge in [0.05, 0.1) is 0 Å². The number of nitrogens with zero attached hydrogens (tertiary/aromatic N) is 2. The first kappa shape index (κ1) is 10.2. The van der Waals surface area contributed by atoms with Gasteiger partial charge in [0.15, 0.2) is 0 Å². The smallest absolute Gasteiger partial charge is 0.124 e. The number of halogens is 1. The van der Waals surface area contributed by atoms with E-state index in [-0.39, 0.29) is 5.82 Å². The van der Waals surface area contributed by atoms with Gasteiger partial charge in [-0.2, -0.15) is 0 Å². The summed E-state index contributed by atoms with van der Waals surface area (Å²) in [6, 6.07) is 4.28. The number of aliphatic hydroxyl groups is 1. The summed E-state index contributed by atoms with van der Waals surface area (Å²) in [5.41, 5.74) is 1.86. The van der Waals surface area contributed by atoms with Crippen molar-refractivity contribution in [3.8, 4) is 0 Å². The highest BCUT2D eigenvalue weighted by atomic mass is 32.1. The lowest BCUT2D eigenvalue weighted by Gasteiger charge is -2.10. The zero-order valence-electron chi connectivity index (χ0n) is 8.01. The standard InChI is InChI=1S/C10H9FN2OS/c1-6-4-7(11)2-3-8(6)10(14)9-5-15-13-12-9/h2-5,10,14H,1H3. The minimum atomic E-state index is -0.829. The number of benzene rings is 1. The van der Waals surface area contributed by atoms with E-state index in [1.54, 1.807) is 18.4 Å². The van der Waals surface area contributed by atoms with Crippen LogP contribution in [0.3, 0.4) is 0 Å². The maximum absolute atomic E-state index is 12.8. The normalized spacial score (nSPS) is 12.7.